The molecule has 0 bridgehead atoms. The number of carbonyl (C=O) groups excluding carboxylic acids is 1. The second kappa shape index (κ2) is 10.0. The number of ether oxygens (including phenoxy) is 1. The maximum absolute atomic E-state index is 13.6. The Morgan fingerprint density at radius 2 is 1.83 bits per heavy atom. The van der Waals surface area contributed by atoms with Gasteiger partial charge in [-0.15, -0.1) is 0 Å². The van der Waals surface area contributed by atoms with E-state index < -0.39 is 34.5 Å². The van der Waals surface area contributed by atoms with Gasteiger partial charge in [0.1, 0.15) is 6.54 Å². The molecule has 0 aromatic carbocycles. The van der Waals surface area contributed by atoms with Gasteiger partial charge in [-0.05, 0) is 20.3 Å². The fraction of sp³-hybridized carbons (Fsp3) is 0.938. The van der Waals surface area contributed by atoms with E-state index in [2.05, 4.69) is 4.18 Å². The molecule has 30 heavy (non-hydrogen) atoms. The average Bonchev–Trinajstić information content (AvgIpc) is 2.95. The lowest BCUT2D eigenvalue weighted by Crippen LogP contribution is -2.54. The minimum atomic E-state index is -6.23. The van der Waals surface area contributed by atoms with Gasteiger partial charge in [-0.2, -0.15) is 30.4 Å². The molecule has 7 nitrogen and oxygen atoms in total. The predicted octanol–water partition coefficient (Wildman–Crippen LogP) is 2.28. The van der Waals surface area contributed by atoms with Gasteiger partial charge in [0.05, 0.1) is 26.7 Å². The lowest BCUT2D eigenvalue weighted by molar-refractivity contribution is -0.924. The highest BCUT2D eigenvalue weighted by molar-refractivity contribution is 7.87. The number of rotatable bonds is 12. The molecule has 0 spiro atoms. The summed E-state index contributed by atoms with van der Waals surface area (Å²) in [5.74, 6) is -0.121. The Bertz CT molecular complexity index is 690. The number of nitrogens with zero attached hydrogens (tertiary/aromatic N) is 2. The molecule has 0 aromatic heterocycles. The van der Waals surface area contributed by atoms with Gasteiger partial charge < -0.3 is 9.64 Å². The van der Waals surface area contributed by atoms with E-state index in [0.29, 0.717) is 19.4 Å². The highest BCUT2D eigenvalue weighted by Crippen LogP contribution is 2.39. The van der Waals surface area contributed by atoms with Crippen LogP contribution in [0.25, 0.3) is 0 Å². The van der Waals surface area contributed by atoms with Crippen molar-refractivity contribution in [1.29, 1.82) is 0 Å². The van der Waals surface area contributed by atoms with E-state index in [1.165, 1.54) is 7.05 Å². The summed E-state index contributed by atoms with van der Waals surface area (Å²) in [4.78, 5) is 13.4. The number of likely N-dealkylation sites (tertiary alicyclic amines) is 1. The van der Waals surface area contributed by atoms with Crippen molar-refractivity contribution in [2.45, 2.75) is 50.3 Å². The zero-order chi connectivity index (χ0) is 23.4. The van der Waals surface area contributed by atoms with Gasteiger partial charge in [0.2, 0.25) is 12.6 Å². The first kappa shape index (κ1) is 26.9. The van der Waals surface area contributed by atoms with Crippen LogP contribution in [0.2, 0.25) is 0 Å². The summed E-state index contributed by atoms with van der Waals surface area (Å²) < 4.78 is 109. The van der Waals surface area contributed by atoms with Crippen LogP contribution in [0.3, 0.4) is 0 Å². The number of alkyl halides is 6. The van der Waals surface area contributed by atoms with Crippen LogP contribution < -0.4 is 0 Å². The molecule has 1 amide bonds. The average molecular weight is 473 g/mol. The molecule has 3 unspecified atom stereocenters. The molecule has 178 valence electrons. The molecule has 3 atom stereocenters. The molecule has 0 saturated carbocycles. The molecule has 0 radical (unpaired) electrons. The topological polar surface area (TPSA) is 72.9 Å². The van der Waals surface area contributed by atoms with Crippen molar-refractivity contribution >= 4 is 16.0 Å². The number of hydrogen-bond acceptors (Lipinski definition) is 5. The van der Waals surface area contributed by atoms with Crippen LogP contribution in [-0.4, -0.2) is 94.0 Å². The molecule has 1 fully saturated rings. The van der Waals surface area contributed by atoms with Crippen LogP contribution in [-0.2, 0) is 23.8 Å². The number of quaternary nitrogens is 1. The van der Waals surface area contributed by atoms with E-state index in [9.17, 15) is 39.6 Å². The molecule has 1 rings (SSSR count). The van der Waals surface area contributed by atoms with Crippen LogP contribution in [0.4, 0.5) is 26.3 Å². The Morgan fingerprint density at radius 3 is 2.30 bits per heavy atom. The molecule has 1 saturated heterocycles. The van der Waals surface area contributed by atoms with Gasteiger partial charge in [0.15, 0.2) is 0 Å². The molecular formula is C16H27F6N2O5S+. The lowest BCUT2D eigenvalue weighted by atomic mass is 10.2. The van der Waals surface area contributed by atoms with Crippen LogP contribution in [0.5, 0.6) is 0 Å². The van der Waals surface area contributed by atoms with Gasteiger partial charge in [-0.1, -0.05) is 0 Å². The first-order valence-electron chi connectivity index (χ1n) is 9.25. The fourth-order valence-corrected chi connectivity index (χ4v) is 3.77. The quantitative estimate of drug-likeness (QED) is 0.143. The van der Waals surface area contributed by atoms with Crippen LogP contribution in [0.1, 0.15) is 26.7 Å². The Labute approximate surface area is 171 Å². The molecule has 1 aliphatic rings. The van der Waals surface area contributed by atoms with Gasteiger partial charge in [-0.3, -0.25) is 9.28 Å². The number of halogens is 6. The van der Waals surface area contributed by atoms with Crippen LogP contribution in [0.15, 0.2) is 0 Å². The molecule has 0 aliphatic carbocycles. The third kappa shape index (κ3) is 6.69. The van der Waals surface area contributed by atoms with E-state index in [1.54, 1.807) is 11.8 Å². The summed E-state index contributed by atoms with van der Waals surface area (Å²) in [6.07, 6.45) is -10.0. The number of carbonyl (C=O) groups is 1. The van der Waals surface area contributed by atoms with Gasteiger partial charge >= 0.3 is 21.5 Å². The number of likely N-dealkylation sites (N-methyl/N-ethyl adjacent to an activating group) is 1. The summed E-state index contributed by atoms with van der Waals surface area (Å²) in [6, 6.07) is -0.0640. The van der Waals surface area contributed by atoms with E-state index in [4.69, 9.17) is 4.74 Å². The largest absolute Gasteiger partial charge is 0.426 e. The lowest BCUT2D eigenvalue weighted by Gasteiger charge is -2.36. The maximum atomic E-state index is 13.6. The van der Waals surface area contributed by atoms with Gasteiger partial charge in [0.25, 0.3) is 6.17 Å². The van der Waals surface area contributed by atoms with Crippen molar-refractivity contribution in [1.82, 2.24) is 4.90 Å². The SMILES string of the molecule is CCOCC[N+](C)(CCN1C(=O)CCC1C)COS(=O)(=O)C(F)(F)C(F)C(F)(F)F. The molecule has 0 N–H and O–H groups in total. The minimum absolute atomic E-state index is 0.0581. The van der Waals surface area contributed by atoms with Crippen LogP contribution in [0, 0.1) is 0 Å². The summed E-state index contributed by atoms with van der Waals surface area (Å²) >= 11 is 0. The summed E-state index contributed by atoms with van der Waals surface area (Å²) in [5.41, 5.74) is 0. The maximum Gasteiger partial charge on any atom is 0.426 e. The van der Waals surface area contributed by atoms with Crippen molar-refractivity contribution in [2.75, 3.05) is 46.6 Å². The van der Waals surface area contributed by atoms with E-state index in [-0.39, 0.29) is 42.7 Å². The fourth-order valence-electron chi connectivity index (χ4n) is 2.83. The molecule has 1 heterocycles. The second-order valence-electron chi connectivity index (χ2n) is 7.41. The highest BCUT2D eigenvalue weighted by Gasteiger charge is 2.65. The second-order valence-corrected chi connectivity index (χ2v) is 9.09. The first-order chi connectivity index (χ1) is 13.6. The molecule has 0 aromatic rings. The van der Waals surface area contributed by atoms with E-state index in [0.717, 1.165) is 0 Å². The molecule has 14 heteroatoms. The van der Waals surface area contributed by atoms with Crippen molar-refractivity contribution in [3.63, 3.8) is 0 Å². The Kier molecular flexibility index (Phi) is 8.97. The smallest absolute Gasteiger partial charge is 0.376 e. The molecule has 1 aliphatic heterocycles. The predicted molar refractivity (Wildman–Crippen MR) is 93.6 cm³/mol. The van der Waals surface area contributed by atoms with Crippen molar-refractivity contribution < 1.29 is 53.0 Å². The third-order valence-electron chi connectivity index (χ3n) is 4.92. The van der Waals surface area contributed by atoms with Gasteiger partial charge in [0, 0.05) is 19.1 Å². The normalized spacial score (nSPS) is 21.7. The Morgan fingerprint density at radius 1 is 1.23 bits per heavy atom. The number of hydrogen-bond donors (Lipinski definition) is 0. The van der Waals surface area contributed by atoms with Gasteiger partial charge in [-0.25, -0.2) is 8.57 Å². The standard InChI is InChI=1S/C16H27F6N2O5S/c1-4-28-10-9-24(3,8-7-23-12(2)5-6-13(23)25)11-29-30(26,27)16(21,22)14(17)15(18,19)20/h12,14H,4-11H2,1-3H3/q+1. The summed E-state index contributed by atoms with van der Waals surface area (Å²) in [6.45, 7) is 3.18. The Balaban J connectivity index is 2.91. The van der Waals surface area contributed by atoms with Crippen molar-refractivity contribution in [2.24, 2.45) is 0 Å². The third-order valence-corrected chi connectivity index (χ3v) is 6.21. The highest BCUT2D eigenvalue weighted by atomic mass is 32.2. The summed E-state index contributed by atoms with van der Waals surface area (Å²) in [7, 11) is -4.82. The minimum Gasteiger partial charge on any atom is -0.376 e. The van der Waals surface area contributed by atoms with E-state index in [1.807, 2.05) is 6.92 Å². The van der Waals surface area contributed by atoms with Crippen molar-refractivity contribution in [3.05, 3.63) is 0 Å². The van der Waals surface area contributed by atoms with Crippen molar-refractivity contribution in [3.8, 4) is 0 Å². The Hall–Kier alpha value is -1.12. The van der Waals surface area contributed by atoms with E-state index >= 15 is 0 Å². The van der Waals surface area contributed by atoms with Crippen LogP contribution >= 0.6 is 0 Å². The first-order valence-corrected chi connectivity index (χ1v) is 10.7. The monoisotopic (exact) mass is 473 g/mol. The number of amides is 1. The summed E-state index contributed by atoms with van der Waals surface area (Å²) in [5, 5.41) is -5.81. The zero-order valence-corrected chi connectivity index (χ0v) is 17.7. The molecular weight excluding hydrogens is 446 g/mol. The zero-order valence-electron chi connectivity index (χ0n) is 16.9.